The number of hydrogen-bond acceptors (Lipinski definition) is 4. The molecule has 41 heavy (non-hydrogen) atoms. The standard InChI is InChI=1S/C35H21N5O/c1-3-9-30-25(7-1)26-15-13-23(20-32(26)39(30)34-11-5-6-17-37-34)41-22-12-14-24-27-16-18-36-21-33(27)40-31-10-4-2-8-29(31)38-35(40)28(24)19-22/h1-21H. The van der Waals surface area contributed by atoms with Gasteiger partial charge in [0, 0.05) is 40.0 Å². The lowest BCUT2D eigenvalue weighted by Gasteiger charge is -2.12. The Morgan fingerprint density at radius 3 is 2.20 bits per heavy atom. The quantitative estimate of drug-likeness (QED) is 0.216. The van der Waals surface area contributed by atoms with Crippen molar-refractivity contribution in [2.24, 2.45) is 0 Å². The number of para-hydroxylation sites is 3. The van der Waals surface area contributed by atoms with Gasteiger partial charge in [0.05, 0.1) is 33.8 Å². The molecule has 0 spiro atoms. The fraction of sp³-hybridized carbons (Fsp3) is 0. The van der Waals surface area contributed by atoms with Crippen molar-refractivity contribution in [3.8, 4) is 17.3 Å². The van der Waals surface area contributed by atoms with Gasteiger partial charge in [-0.05, 0) is 72.1 Å². The Kier molecular flexibility index (Phi) is 4.51. The largest absolute Gasteiger partial charge is 0.457 e. The summed E-state index contributed by atoms with van der Waals surface area (Å²) in [5.74, 6) is 2.38. The first kappa shape index (κ1) is 22.1. The first-order chi connectivity index (χ1) is 20.3. The second-order valence-electron chi connectivity index (χ2n) is 10.2. The molecule has 0 aliphatic heterocycles. The van der Waals surface area contributed by atoms with Crippen LogP contribution in [0.4, 0.5) is 0 Å². The third kappa shape index (κ3) is 3.22. The van der Waals surface area contributed by atoms with Crippen molar-refractivity contribution in [2.45, 2.75) is 0 Å². The van der Waals surface area contributed by atoms with Crippen molar-refractivity contribution in [1.82, 2.24) is 23.9 Å². The van der Waals surface area contributed by atoms with Crippen LogP contribution >= 0.6 is 0 Å². The summed E-state index contributed by atoms with van der Waals surface area (Å²) in [6.45, 7) is 0. The molecular formula is C35H21N5O. The molecule has 6 heteroatoms. The van der Waals surface area contributed by atoms with Crippen LogP contribution in [0.1, 0.15) is 0 Å². The summed E-state index contributed by atoms with van der Waals surface area (Å²) in [6.07, 6.45) is 5.58. The van der Waals surface area contributed by atoms with Gasteiger partial charge < -0.3 is 4.74 Å². The highest BCUT2D eigenvalue weighted by atomic mass is 16.5. The molecule has 0 saturated carbocycles. The van der Waals surface area contributed by atoms with Gasteiger partial charge >= 0.3 is 0 Å². The zero-order valence-electron chi connectivity index (χ0n) is 21.8. The molecule has 192 valence electrons. The van der Waals surface area contributed by atoms with E-state index >= 15 is 0 Å². The van der Waals surface area contributed by atoms with Crippen molar-refractivity contribution in [1.29, 1.82) is 0 Å². The Bertz CT molecular complexity index is 2460. The van der Waals surface area contributed by atoms with Gasteiger partial charge in [0.25, 0.3) is 0 Å². The molecule has 0 fully saturated rings. The molecule has 0 N–H and O–H groups in total. The molecule has 0 amide bonds. The first-order valence-corrected chi connectivity index (χ1v) is 13.5. The maximum absolute atomic E-state index is 6.53. The minimum absolute atomic E-state index is 0.750. The summed E-state index contributed by atoms with van der Waals surface area (Å²) >= 11 is 0. The normalized spacial score (nSPS) is 11.9. The SMILES string of the molecule is c1ccc(-n2c3ccccc3c3ccc(Oc4ccc5c6ccncc6n6c7ccccc7nc6c5c4)cc32)nc1. The maximum atomic E-state index is 6.53. The summed E-state index contributed by atoms with van der Waals surface area (Å²) in [5, 5.41) is 5.60. The number of nitrogens with zero attached hydrogens (tertiary/aromatic N) is 5. The molecule has 0 unspecified atom stereocenters. The second kappa shape index (κ2) is 8.37. The Morgan fingerprint density at radius 2 is 1.29 bits per heavy atom. The van der Waals surface area contributed by atoms with Crippen molar-refractivity contribution in [2.75, 3.05) is 0 Å². The van der Waals surface area contributed by atoms with Crippen molar-refractivity contribution < 1.29 is 4.74 Å². The number of rotatable bonds is 3. The number of hydrogen-bond donors (Lipinski definition) is 0. The molecule has 0 aliphatic rings. The van der Waals surface area contributed by atoms with Gasteiger partial charge in [-0.3, -0.25) is 14.0 Å². The van der Waals surface area contributed by atoms with Gasteiger partial charge in [-0.1, -0.05) is 36.4 Å². The fourth-order valence-corrected chi connectivity index (χ4v) is 6.13. The van der Waals surface area contributed by atoms with E-state index in [0.29, 0.717) is 0 Å². The number of pyridine rings is 3. The number of fused-ring (bicyclic) bond motifs is 11. The van der Waals surface area contributed by atoms with Gasteiger partial charge in [-0.15, -0.1) is 0 Å². The van der Waals surface area contributed by atoms with E-state index in [0.717, 1.165) is 72.1 Å². The number of aromatic nitrogens is 5. The van der Waals surface area contributed by atoms with Crippen LogP contribution in [0.5, 0.6) is 11.5 Å². The molecule has 6 nitrogen and oxygen atoms in total. The molecule has 0 bridgehead atoms. The van der Waals surface area contributed by atoms with Crippen LogP contribution in [0.25, 0.3) is 66.0 Å². The molecule has 0 saturated heterocycles. The van der Waals surface area contributed by atoms with Crippen LogP contribution < -0.4 is 4.74 Å². The Balaban J connectivity index is 1.25. The second-order valence-corrected chi connectivity index (χ2v) is 10.2. The van der Waals surface area contributed by atoms with Crippen LogP contribution in [0.3, 0.4) is 0 Å². The number of ether oxygens (including phenoxy) is 1. The average molecular weight is 528 g/mol. The van der Waals surface area contributed by atoms with Gasteiger partial charge in [-0.2, -0.15) is 0 Å². The lowest BCUT2D eigenvalue weighted by atomic mass is 10.1. The van der Waals surface area contributed by atoms with E-state index in [1.54, 1.807) is 0 Å². The Morgan fingerprint density at radius 1 is 0.537 bits per heavy atom. The van der Waals surface area contributed by atoms with Gasteiger partial charge in [-0.25, -0.2) is 9.97 Å². The zero-order valence-corrected chi connectivity index (χ0v) is 21.8. The number of benzene rings is 4. The molecule has 9 rings (SSSR count). The van der Waals surface area contributed by atoms with Crippen LogP contribution in [0, 0.1) is 0 Å². The molecule has 9 aromatic rings. The highest BCUT2D eigenvalue weighted by Crippen LogP contribution is 2.37. The zero-order chi connectivity index (χ0) is 26.9. The molecule has 0 atom stereocenters. The molecule has 5 aromatic heterocycles. The van der Waals surface area contributed by atoms with E-state index in [1.165, 1.54) is 5.39 Å². The third-order valence-electron chi connectivity index (χ3n) is 7.88. The summed E-state index contributed by atoms with van der Waals surface area (Å²) in [4.78, 5) is 14.1. The van der Waals surface area contributed by atoms with E-state index in [1.807, 2.05) is 67.1 Å². The van der Waals surface area contributed by atoms with Crippen molar-refractivity contribution in [3.05, 3.63) is 128 Å². The third-order valence-corrected chi connectivity index (χ3v) is 7.88. The molecule has 5 heterocycles. The van der Waals surface area contributed by atoms with Crippen molar-refractivity contribution >= 4 is 60.2 Å². The van der Waals surface area contributed by atoms with Crippen LogP contribution in [-0.2, 0) is 0 Å². The lowest BCUT2D eigenvalue weighted by molar-refractivity contribution is 0.484. The Hall–Kier alpha value is -5.75. The van der Waals surface area contributed by atoms with E-state index in [-0.39, 0.29) is 0 Å². The van der Waals surface area contributed by atoms with E-state index < -0.39 is 0 Å². The van der Waals surface area contributed by atoms with E-state index in [9.17, 15) is 0 Å². The summed E-state index contributed by atoms with van der Waals surface area (Å²) in [7, 11) is 0. The lowest BCUT2D eigenvalue weighted by Crippen LogP contribution is -1.96. The monoisotopic (exact) mass is 527 g/mol. The minimum Gasteiger partial charge on any atom is -0.457 e. The van der Waals surface area contributed by atoms with Gasteiger partial charge in [0.15, 0.2) is 0 Å². The van der Waals surface area contributed by atoms with Crippen LogP contribution in [-0.4, -0.2) is 23.9 Å². The Labute approximate surface area is 233 Å². The highest BCUT2D eigenvalue weighted by molar-refractivity contribution is 6.14. The molecule has 0 radical (unpaired) electrons. The van der Waals surface area contributed by atoms with Crippen LogP contribution in [0.15, 0.2) is 128 Å². The van der Waals surface area contributed by atoms with Crippen molar-refractivity contribution in [3.63, 3.8) is 0 Å². The van der Waals surface area contributed by atoms with Crippen LogP contribution in [0.2, 0.25) is 0 Å². The topological polar surface area (TPSA) is 57.2 Å². The van der Waals surface area contributed by atoms with E-state index in [4.69, 9.17) is 9.72 Å². The summed E-state index contributed by atoms with van der Waals surface area (Å²) in [5.41, 5.74) is 6.08. The van der Waals surface area contributed by atoms with Gasteiger partial charge in [0.1, 0.15) is 23.0 Å². The fourth-order valence-electron chi connectivity index (χ4n) is 6.13. The smallest absolute Gasteiger partial charge is 0.146 e. The average Bonchev–Trinajstić information content (AvgIpc) is 3.58. The maximum Gasteiger partial charge on any atom is 0.146 e. The van der Waals surface area contributed by atoms with E-state index in [2.05, 4.69) is 79.6 Å². The predicted molar refractivity (Wildman–Crippen MR) is 164 cm³/mol. The van der Waals surface area contributed by atoms with Gasteiger partial charge in [0.2, 0.25) is 0 Å². The highest BCUT2D eigenvalue weighted by Gasteiger charge is 2.16. The predicted octanol–water partition coefficient (Wildman–Crippen LogP) is 8.47. The first-order valence-electron chi connectivity index (χ1n) is 13.5. The molecular weight excluding hydrogens is 506 g/mol. The molecule has 0 aliphatic carbocycles. The number of imidazole rings is 1. The molecule has 4 aromatic carbocycles. The summed E-state index contributed by atoms with van der Waals surface area (Å²) < 4.78 is 10.9. The minimum atomic E-state index is 0.750. The summed E-state index contributed by atoms with van der Waals surface area (Å²) in [6, 6.07) is 37.2.